The van der Waals surface area contributed by atoms with Crippen LogP contribution in [0.15, 0.2) is 182 Å². The topological polar surface area (TPSA) is 27.7 Å². The van der Waals surface area contributed by atoms with E-state index in [1.807, 2.05) is 0 Å². The summed E-state index contributed by atoms with van der Waals surface area (Å²) in [6.07, 6.45) is 0. The van der Waals surface area contributed by atoms with Gasteiger partial charge in [-0.05, 0) is 50.8 Å². The first-order valence-corrected chi connectivity index (χ1v) is 23.9. The number of benzene rings is 6. The van der Waals surface area contributed by atoms with Crippen LogP contribution in [0, 0.1) is 0 Å². The Hall–Kier alpha value is -3.72. The molecule has 7 heteroatoms. The lowest BCUT2D eigenvalue weighted by Crippen LogP contribution is -2.62. The Morgan fingerprint density at radius 3 is 0.587 bits per heavy atom. The van der Waals surface area contributed by atoms with E-state index in [2.05, 4.69) is 202 Å². The van der Waals surface area contributed by atoms with Gasteiger partial charge in [-0.3, -0.25) is 0 Å². The van der Waals surface area contributed by atoms with Gasteiger partial charge in [-0.25, -0.2) is 0 Å². The molecule has 0 bridgehead atoms. The van der Waals surface area contributed by atoms with Crippen LogP contribution in [-0.4, -0.2) is 25.0 Å². The summed E-state index contributed by atoms with van der Waals surface area (Å²) in [5.74, 6) is 0. The van der Waals surface area contributed by atoms with Gasteiger partial charge >= 0.3 is 8.60 Å². The predicted molar refractivity (Wildman–Crippen MR) is 201 cm³/mol. The highest BCUT2D eigenvalue weighted by atomic mass is 31.2. The summed E-state index contributed by atoms with van der Waals surface area (Å²) in [6.45, 7) is 6.81. The van der Waals surface area contributed by atoms with Gasteiger partial charge in [-0.1, -0.05) is 182 Å². The van der Waals surface area contributed by atoms with Crippen molar-refractivity contribution in [2.75, 3.05) is 0 Å². The molecule has 230 valence electrons. The minimum atomic E-state index is -2.84. The van der Waals surface area contributed by atoms with Crippen LogP contribution < -0.4 is 31.1 Å². The molecule has 0 atom stereocenters. The summed E-state index contributed by atoms with van der Waals surface area (Å²) in [5, 5.41) is 7.04. The molecular weight excluding hydrogens is 632 g/mol. The molecule has 0 saturated heterocycles. The molecule has 0 spiro atoms. The average Bonchev–Trinajstić information content (AvgIpc) is 3.13. The van der Waals surface area contributed by atoms with E-state index >= 15 is 0 Å². The second-order valence-electron chi connectivity index (χ2n) is 11.8. The molecule has 6 rings (SSSR count). The maximum atomic E-state index is 7.52. The van der Waals surface area contributed by atoms with E-state index in [-0.39, 0.29) is 0 Å². The Morgan fingerprint density at radius 1 is 0.283 bits per heavy atom. The first-order chi connectivity index (χ1) is 22.4. The Bertz CT molecular complexity index is 1460. The smallest absolute Gasteiger partial charge is 0.302 e. The Kier molecular flexibility index (Phi) is 10.1. The average molecular weight is 671 g/mol. The highest BCUT2D eigenvalue weighted by Crippen LogP contribution is 2.47. The third kappa shape index (κ3) is 6.85. The lowest BCUT2D eigenvalue weighted by molar-refractivity contribution is 0.394. The van der Waals surface area contributed by atoms with E-state index in [0.717, 1.165) is 0 Å². The zero-order valence-corrected chi connectivity index (χ0v) is 30.4. The van der Waals surface area contributed by atoms with Crippen LogP contribution in [0.25, 0.3) is 0 Å². The second kappa shape index (κ2) is 14.4. The number of hydrogen-bond donors (Lipinski definition) is 0. The maximum Gasteiger partial charge on any atom is 0.302 e. The lowest BCUT2D eigenvalue weighted by atomic mass is 10.4. The van der Waals surface area contributed by atoms with E-state index in [1.165, 1.54) is 31.1 Å². The van der Waals surface area contributed by atoms with Crippen LogP contribution in [0.4, 0.5) is 0 Å². The normalized spacial score (nSPS) is 12.3. The molecule has 6 aromatic rings. The zero-order chi connectivity index (χ0) is 31.9. The molecule has 0 N–H and O–H groups in total. The third-order valence-corrected chi connectivity index (χ3v) is 23.5. The first kappa shape index (κ1) is 32.2. The Balaban J connectivity index is 1.53. The maximum absolute atomic E-state index is 7.52. The van der Waals surface area contributed by atoms with Gasteiger partial charge in [-0.2, -0.15) is 0 Å². The highest BCUT2D eigenvalue weighted by molar-refractivity contribution is 7.49. The van der Waals surface area contributed by atoms with Crippen molar-refractivity contribution in [3.8, 4) is 0 Å². The molecule has 0 aromatic heterocycles. The van der Waals surface area contributed by atoms with Crippen molar-refractivity contribution in [2.24, 2.45) is 0 Å². The van der Waals surface area contributed by atoms with Gasteiger partial charge in [0.2, 0.25) is 0 Å². The van der Waals surface area contributed by atoms with Gasteiger partial charge in [0.15, 0.2) is 0 Å². The monoisotopic (exact) mass is 670 g/mol. The lowest BCUT2D eigenvalue weighted by Gasteiger charge is -2.40. The third-order valence-electron chi connectivity index (χ3n) is 8.72. The molecule has 0 saturated carbocycles. The van der Waals surface area contributed by atoms with Gasteiger partial charge in [0.1, 0.15) is 0 Å². The van der Waals surface area contributed by atoms with Crippen LogP contribution in [0.1, 0.15) is 0 Å². The van der Waals surface area contributed by atoms with Crippen molar-refractivity contribution < 1.29 is 12.6 Å². The fraction of sp³-hybridized carbons (Fsp3) is 0.0769. The summed E-state index contributed by atoms with van der Waals surface area (Å²) in [4.78, 5) is 0. The number of hydrogen-bond acceptors (Lipinski definition) is 3. The summed E-state index contributed by atoms with van der Waals surface area (Å²) in [6, 6.07) is 63.7. The molecule has 0 radical (unpaired) electrons. The minimum Gasteiger partial charge on any atom is -0.346 e. The Labute approximate surface area is 277 Å². The first-order valence-electron chi connectivity index (χ1n) is 15.6. The second-order valence-corrected chi connectivity index (χ2v) is 24.1. The fourth-order valence-corrected chi connectivity index (χ4v) is 19.4. The van der Waals surface area contributed by atoms with Gasteiger partial charge in [0, 0.05) is 0 Å². The van der Waals surface area contributed by atoms with Crippen molar-refractivity contribution in [2.45, 2.75) is 19.6 Å². The van der Waals surface area contributed by atoms with Crippen LogP contribution in [-0.2, 0) is 12.6 Å². The molecule has 0 heterocycles. The van der Waals surface area contributed by atoms with E-state index in [4.69, 9.17) is 12.6 Å². The van der Waals surface area contributed by atoms with Crippen LogP contribution in [0.5, 0.6) is 0 Å². The predicted octanol–water partition coefficient (Wildman–Crippen LogP) is 6.43. The van der Waals surface area contributed by atoms with Crippen molar-refractivity contribution in [3.05, 3.63) is 182 Å². The molecule has 0 unspecified atom stereocenters. The van der Waals surface area contributed by atoms with Crippen LogP contribution in [0.3, 0.4) is 0 Å². The van der Waals surface area contributed by atoms with Crippen LogP contribution >= 0.6 is 8.60 Å². The standard InChI is InChI=1S/C39H39O3PSi3/c1-44(34-22-10-4-11-23-34,35-24-12-5-13-25-35)40-43(41-45(2,36-26-14-6-15-27-36)37-28-16-7-17-29-37)42-46(3,38-30-18-8-19-31-38)39-32-20-9-21-33-39/h4-33H,1-3H3. The zero-order valence-electron chi connectivity index (χ0n) is 26.5. The minimum absolute atomic E-state index is 1.17. The summed E-state index contributed by atoms with van der Waals surface area (Å²) < 4.78 is 22.5. The van der Waals surface area contributed by atoms with Crippen molar-refractivity contribution in [3.63, 3.8) is 0 Å². The summed E-state index contributed by atoms with van der Waals surface area (Å²) >= 11 is 0. The molecular formula is C39H39O3PSi3. The van der Waals surface area contributed by atoms with E-state index < -0.39 is 33.6 Å². The van der Waals surface area contributed by atoms with Crippen LogP contribution in [0.2, 0.25) is 19.6 Å². The summed E-state index contributed by atoms with van der Waals surface area (Å²) in [7, 11) is -10.4. The molecule has 6 aromatic carbocycles. The summed E-state index contributed by atoms with van der Waals surface area (Å²) in [5.41, 5.74) is 0. The van der Waals surface area contributed by atoms with E-state index in [0.29, 0.717) is 0 Å². The van der Waals surface area contributed by atoms with Gasteiger partial charge < -0.3 is 12.6 Å². The quantitative estimate of drug-likeness (QED) is 0.111. The molecule has 0 aliphatic rings. The molecule has 0 fully saturated rings. The molecule has 0 aliphatic carbocycles. The Morgan fingerprint density at radius 2 is 0.435 bits per heavy atom. The highest BCUT2D eigenvalue weighted by Gasteiger charge is 2.47. The van der Waals surface area contributed by atoms with E-state index in [9.17, 15) is 0 Å². The molecule has 0 amide bonds. The van der Waals surface area contributed by atoms with Gasteiger partial charge in [0.05, 0.1) is 0 Å². The van der Waals surface area contributed by atoms with Crippen molar-refractivity contribution in [1.82, 2.24) is 0 Å². The largest absolute Gasteiger partial charge is 0.346 e. The van der Waals surface area contributed by atoms with Gasteiger partial charge in [-0.15, -0.1) is 0 Å². The fourth-order valence-electron chi connectivity index (χ4n) is 5.86. The number of rotatable bonds is 12. The molecule has 0 aliphatic heterocycles. The van der Waals surface area contributed by atoms with Gasteiger partial charge in [0.25, 0.3) is 25.0 Å². The SMILES string of the molecule is C[Si](OP(O[Si](C)(c1ccccc1)c1ccccc1)O[Si](C)(c1ccccc1)c1ccccc1)(c1ccccc1)c1ccccc1. The molecule has 46 heavy (non-hydrogen) atoms. The molecule has 3 nitrogen and oxygen atoms in total. The van der Waals surface area contributed by atoms with Crippen molar-refractivity contribution >= 4 is 64.7 Å². The van der Waals surface area contributed by atoms with Crippen molar-refractivity contribution in [1.29, 1.82) is 0 Å². The van der Waals surface area contributed by atoms with E-state index in [1.54, 1.807) is 0 Å².